The van der Waals surface area contributed by atoms with Gasteiger partial charge in [0, 0.05) is 22.7 Å². The summed E-state index contributed by atoms with van der Waals surface area (Å²) >= 11 is 9.29. The highest BCUT2D eigenvalue weighted by molar-refractivity contribution is 9.10. The molecular weight excluding hydrogens is 600 g/mol. The number of halogens is 4. The van der Waals surface area contributed by atoms with Crippen LogP contribution >= 0.6 is 27.5 Å². The van der Waals surface area contributed by atoms with E-state index < -0.39 is 51.2 Å². The summed E-state index contributed by atoms with van der Waals surface area (Å²) in [4.78, 5) is 39.3. The predicted octanol–water partition coefficient (Wildman–Crippen LogP) is 6.60. The maximum absolute atomic E-state index is 15.4. The minimum atomic E-state index is -1.46. The Morgan fingerprint density at radius 2 is 1.77 bits per heavy atom. The Morgan fingerprint density at radius 3 is 2.31 bits per heavy atom. The lowest BCUT2D eigenvalue weighted by Crippen LogP contribution is -2.49. The molecule has 3 aromatic rings. The molecule has 0 radical (unpaired) electrons. The zero-order chi connectivity index (χ0) is 29.1. The second kappa shape index (κ2) is 12.1. The molecule has 0 heterocycles. The predicted molar refractivity (Wildman–Crippen MR) is 146 cm³/mol. The zero-order valence-electron chi connectivity index (χ0n) is 21.4. The fraction of sp³-hybridized carbons (Fsp3) is 0.259. The minimum absolute atomic E-state index is 0.0775. The highest BCUT2D eigenvalue weighted by atomic mass is 79.9. The minimum Gasteiger partial charge on any atom is -0.497 e. The van der Waals surface area contributed by atoms with E-state index in [1.165, 1.54) is 19.2 Å². The molecule has 1 atom stereocenters. The van der Waals surface area contributed by atoms with Crippen LogP contribution in [0.15, 0.2) is 59.1 Å². The van der Waals surface area contributed by atoms with Crippen LogP contribution in [0.5, 0.6) is 5.75 Å². The molecule has 1 unspecified atom stereocenters. The lowest BCUT2D eigenvalue weighted by Gasteiger charge is -2.34. The lowest BCUT2D eigenvalue weighted by molar-refractivity contribution is -0.388. The van der Waals surface area contributed by atoms with Crippen molar-refractivity contribution in [2.75, 3.05) is 7.11 Å². The maximum Gasteiger partial charge on any atom is 0.319 e. The molecule has 3 rings (SSSR count). The van der Waals surface area contributed by atoms with Crippen LogP contribution in [0.4, 0.5) is 14.5 Å². The van der Waals surface area contributed by atoms with Crippen LogP contribution in [0.2, 0.25) is 5.02 Å². The van der Waals surface area contributed by atoms with Crippen LogP contribution < -0.4 is 10.1 Å². The van der Waals surface area contributed by atoms with Crippen molar-refractivity contribution in [2.24, 2.45) is 0 Å². The average molecular weight is 625 g/mol. The third kappa shape index (κ3) is 7.10. The van der Waals surface area contributed by atoms with Gasteiger partial charge in [-0.15, -0.1) is 0 Å². The van der Waals surface area contributed by atoms with Gasteiger partial charge >= 0.3 is 5.69 Å². The Bertz CT molecular complexity index is 1410. The monoisotopic (exact) mass is 623 g/mol. The first kappa shape index (κ1) is 30.0. The number of hydrogen-bond donors (Lipinski definition) is 1. The second-order valence-corrected chi connectivity index (χ2v) is 10.9. The number of benzene rings is 3. The molecule has 0 aliphatic carbocycles. The van der Waals surface area contributed by atoms with E-state index in [0.717, 1.165) is 23.1 Å². The van der Waals surface area contributed by atoms with Crippen LogP contribution in [0.25, 0.3) is 0 Å². The number of amides is 2. The van der Waals surface area contributed by atoms with Crippen LogP contribution in [0, 0.1) is 21.7 Å². The number of nitrogens with one attached hydrogen (secondary N) is 1. The van der Waals surface area contributed by atoms with Crippen LogP contribution in [0.3, 0.4) is 0 Å². The molecule has 0 saturated heterocycles. The molecule has 0 aliphatic rings. The van der Waals surface area contributed by atoms with Crippen molar-refractivity contribution >= 4 is 45.0 Å². The van der Waals surface area contributed by atoms with Gasteiger partial charge in [-0.05, 0) is 78.7 Å². The number of carbonyl (C=O) groups is 2. The maximum atomic E-state index is 15.4. The standard InChI is InChI=1S/C27H25BrClF2N3O5/c1-27(2,3)32-25(35)23(18-10-7-16(30)13-21(18)29)33(14-15-5-8-17(39-4)9-6-15)26(36)19-11-12-20(28)24(22(19)31)34(37)38/h5-13,23H,14H2,1-4H3,(H,32,35). The molecule has 0 saturated carbocycles. The Kier molecular flexibility index (Phi) is 9.29. The summed E-state index contributed by atoms with van der Waals surface area (Å²) in [5.41, 5.74) is -1.71. The SMILES string of the molecule is COc1ccc(CN(C(=O)c2ccc(Br)c([N+](=O)[O-])c2F)C(C(=O)NC(C)(C)C)c2ccc(F)cc2Cl)cc1. The van der Waals surface area contributed by atoms with Gasteiger partial charge in [0.05, 0.1) is 22.1 Å². The number of rotatable bonds is 8. The molecule has 0 fully saturated rings. The van der Waals surface area contributed by atoms with Gasteiger partial charge < -0.3 is 15.0 Å². The Hall–Kier alpha value is -3.57. The summed E-state index contributed by atoms with van der Waals surface area (Å²) in [5, 5.41) is 14.2. The Morgan fingerprint density at radius 1 is 1.13 bits per heavy atom. The van der Waals surface area contributed by atoms with Crippen molar-refractivity contribution in [1.82, 2.24) is 10.2 Å². The number of nitro benzene ring substituents is 1. The molecule has 12 heteroatoms. The van der Waals surface area contributed by atoms with Crippen molar-refractivity contribution in [3.63, 3.8) is 0 Å². The quantitative estimate of drug-likeness (QED) is 0.225. The third-order valence-electron chi connectivity index (χ3n) is 5.57. The summed E-state index contributed by atoms with van der Waals surface area (Å²) in [5.74, 6) is -3.20. The number of ether oxygens (including phenoxy) is 1. The van der Waals surface area contributed by atoms with Gasteiger partial charge in [0.25, 0.3) is 5.91 Å². The Balaban J connectivity index is 2.25. The molecule has 3 aromatic carbocycles. The summed E-state index contributed by atoms with van der Waals surface area (Å²) in [6.45, 7) is 4.94. The number of carbonyl (C=O) groups excluding carboxylic acids is 2. The molecule has 2 amide bonds. The fourth-order valence-electron chi connectivity index (χ4n) is 3.85. The second-order valence-electron chi connectivity index (χ2n) is 9.60. The molecule has 39 heavy (non-hydrogen) atoms. The summed E-state index contributed by atoms with van der Waals surface area (Å²) in [6.07, 6.45) is 0. The number of nitrogens with zero attached hydrogens (tertiary/aromatic N) is 2. The molecule has 0 bridgehead atoms. The number of methoxy groups -OCH3 is 1. The van der Waals surface area contributed by atoms with E-state index >= 15 is 4.39 Å². The van der Waals surface area contributed by atoms with Crippen molar-refractivity contribution in [3.8, 4) is 5.75 Å². The van der Waals surface area contributed by atoms with Crippen LogP contribution in [-0.4, -0.2) is 34.3 Å². The molecule has 1 N–H and O–H groups in total. The van der Waals surface area contributed by atoms with Gasteiger partial charge in [-0.25, -0.2) is 4.39 Å². The van der Waals surface area contributed by atoms with Crippen LogP contribution in [-0.2, 0) is 11.3 Å². The van der Waals surface area contributed by atoms with E-state index in [9.17, 15) is 24.1 Å². The topological polar surface area (TPSA) is 102 Å². The van der Waals surface area contributed by atoms with Gasteiger partial charge in [-0.1, -0.05) is 29.8 Å². The van der Waals surface area contributed by atoms with Crippen molar-refractivity contribution in [1.29, 1.82) is 0 Å². The molecule has 0 aromatic heterocycles. The van der Waals surface area contributed by atoms with E-state index in [0.29, 0.717) is 11.3 Å². The van der Waals surface area contributed by atoms with Crippen LogP contribution in [0.1, 0.15) is 48.3 Å². The van der Waals surface area contributed by atoms with Crippen molar-refractivity contribution in [2.45, 2.75) is 38.9 Å². The zero-order valence-corrected chi connectivity index (χ0v) is 23.8. The smallest absolute Gasteiger partial charge is 0.319 e. The van der Waals surface area contributed by atoms with E-state index in [2.05, 4.69) is 21.2 Å². The van der Waals surface area contributed by atoms with Crippen molar-refractivity contribution < 1.29 is 28.0 Å². The number of hydrogen-bond acceptors (Lipinski definition) is 5. The first-order chi connectivity index (χ1) is 18.2. The third-order valence-corrected chi connectivity index (χ3v) is 6.54. The van der Waals surface area contributed by atoms with Gasteiger partial charge in [0.2, 0.25) is 11.7 Å². The van der Waals surface area contributed by atoms with Gasteiger partial charge in [-0.2, -0.15) is 4.39 Å². The molecule has 8 nitrogen and oxygen atoms in total. The number of nitro groups is 1. The normalized spacial score (nSPS) is 12.0. The lowest BCUT2D eigenvalue weighted by atomic mass is 9.99. The summed E-state index contributed by atoms with van der Waals surface area (Å²) in [7, 11) is 1.48. The molecule has 0 aliphatic heterocycles. The molecule has 0 spiro atoms. The first-order valence-corrected chi connectivity index (χ1v) is 12.7. The highest BCUT2D eigenvalue weighted by Crippen LogP contribution is 2.35. The van der Waals surface area contributed by atoms with E-state index in [4.69, 9.17) is 16.3 Å². The van der Waals surface area contributed by atoms with Gasteiger partial charge in [0.1, 0.15) is 17.6 Å². The van der Waals surface area contributed by atoms with Crippen molar-refractivity contribution in [3.05, 3.63) is 103 Å². The fourth-order valence-corrected chi connectivity index (χ4v) is 4.57. The first-order valence-electron chi connectivity index (χ1n) is 11.6. The molecular formula is C27H25BrClF2N3O5. The molecule has 206 valence electrons. The summed E-state index contributed by atoms with van der Waals surface area (Å²) in [6, 6.07) is 10.7. The van der Waals surface area contributed by atoms with E-state index in [1.807, 2.05) is 0 Å². The van der Waals surface area contributed by atoms with Gasteiger partial charge in [-0.3, -0.25) is 19.7 Å². The highest BCUT2D eigenvalue weighted by Gasteiger charge is 2.37. The van der Waals surface area contributed by atoms with Gasteiger partial charge in [0.15, 0.2) is 0 Å². The largest absolute Gasteiger partial charge is 0.497 e. The van der Waals surface area contributed by atoms with E-state index in [1.54, 1.807) is 45.0 Å². The van der Waals surface area contributed by atoms with E-state index in [-0.39, 0.29) is 21.6 Å². The Labute approximate surface area is 237 Å². The summed E-state index contributed by atoms with van der Waals surface area (Å²) < 4.78 is 34.3. The average Bonchev–Trinajstić information content (AvgIpc) is 2.83.